The van der Waals surface area contributed by atoms with Crippen molar-refractivity contribution < 1.29 is 9.84 Å². The lowest BCUT2D eigenvalue weighted by atomic mass is 10.1. The van der Waals surface area contributed by atoms with Gasteiger partial charge in [-0.2, -0.15) is 9.97 Å². The van der Waals surface area contributed by atoms with Gasteiger partial charge in [-0.1, -0.05) is 0 Å². The molecule has 19 heavy (non-hydrogen) atoms. The van der Waals surface area contributed by atoms with E-state index in [0.29, 0.717) is 11.2 Å². The molecule has 3 rings (SSSR count). The Labute approximate surface area is 113 Å². The minimum absolute atomic E-state index is 0.0431. The molecular formula is C10H13ClN6O2. The number of aliphatic hydroxyl groups excluding tert-OH is 1. The molecule has 1 aliphatic heterocycles. The second-order valence-corrected chi connectivity index (χ2v) is 5.46. The highest BCUT2D eigenvalue weighted by Gasteiger charge is 2.47. The highest BCUT2D eigenvalue weighted by molar-refractivity contribution is 6.24. The maximum absolute atomic E-state index is 9.83. The molecule has 3 heterocycles. The first kappa shape index (κ1) is 12.4. The van der Waals surface area contributed by atoms with E-state index in [1.54, 1.807) is 11.5 Å². The molecule has 0 amide bonds. The molecule has 1 aliphatic rings. The highest BCUT2D eigenvalue weighted by atomic mass is 35.5. The van der Waals surface area contributed by atoms with Crippen LogP contribution in [0.3, 0.4) is 0 Å². The van der Waals surface area contributed by atoms with E-state index in [1.165, 1.54) is 6.33 Å². The zero-order valence-corrected chi connectivity index (χ0v) is 10.9. The molecule has 0 aliphatic carbocycles. The van der Waals surface area contributed by atoms with E-state index in [0.717, 1.165) is 0 Å². The second-order valence-electron chi connectivity index (χ2n) is 4.64. The van der Waals surface area contributed by atoms with Crippen LogP contribution in [-0.2, 0) is 4.74 Å². The molecule has 9 heteroatoms. The predicted octanol–water partition coefficient (Wildman–Crippen LogP) is -0.122. The number of alkyl halides is 1. The van der Waals surface area contributed by atoms with Gasteiger partial charge in [-0.15, -0.1) is 11.6 Å². The molecule has 2 aromatic heterocycles. The second kappa shape index (κ2) is 3.92. The summed E-state index contributed by atoms with van der Waals surface area (Å²) >= 11 is 6.33. The number of imidazole rings is 1. The Morgan fingerprint density at radius 3 is 2.89 bits per heavy atom. The maximum atomic E-state index is 9.83. The van der Waals surface area contributed by atoms with E-state index in [4.69, 9.17) is 27.8 Å². The smallest absolute Gasteiger partial charge is 0.224 e. The molecule has 0 saturated carbocycles. The fourth-order valence-corrected chi connectivity index (χ4v) is 2.38. The summed E-state index contributed by atoms with van der Waals surface area (Å²) in [6.45, 7) is 1.83. The summed E-state index contributed by atoms with van der Waals surface area (Å²) in [7, 11) is 0. The van der Waals surface area contributed by atoms with Gasteiger partial charge in [0, 0.05) is 0 Å². The first-order valence-electron chi connectivity index (χ1n) is 5.65. The number of fused-ring (bicyclic) bond motifs is 1. The van der Waals surface area contributed by atoms with E-state index in [1.807, 2.05) is 0 Å². The fourth-order valence-electron chi connectivity index (χ4n) is 2.15. The van der Waals surface area contributed by atoms with Crippen molar-refractivity contribution in [3.8, 4) is 0 Å². The first-order chi connectivity index (χ1) is 8.91. The third-order valence-electron chi connectivity index (χ3n) is 3.26. The standard InChI is InChI=1S/C10H13ClN6O2/c1-10(11)4(18)2-19-8(10)17-3-14-5-6(12)15-9(13)16-7(5)17/h3-4,8,18H,2H2,1H3,(H4,12,13,15,16)/t4-,8-,10-/m1/s1. The van der Waals surface area contributed by atoms with Crippen molar-refractivity contribution in [1.82, 2.24) is 19.5 Å². The molecule has 5 N–H and O–H groups in total. The molecule has 1 saturated heterocycles. The van der Waals surface area contributed by atoms with Crippen LogP contribution >= 0.6 is 11.6 Å². The molecular weight excluding hydrogens is 272 g/mol. The van der Waals surface area contributed by atoms with Crippen LogP contribution in [0.4, 0.5) is 11.8 Å². The Morgan fingerprint density at radius 2 is 2.26 bits per heavy atom. The Morgan fingerprint density at radius 1 is 1.53 bits per heavy atom. The van der Waals surface area contributed by atoms with Crippen molar-refractivity contribution in [1.29, 1.82) is 0 Å². The fraction of sp³-hybridized carbons (Fsp3) is 0.500. The van der Waals surface area contributed by atoms with Crippen LogP contribution in [0, 0.1) is 0 Å². The number of aliphatic hydroxyl groups is 1. The van der Waals surface area contributed by atoms with Crippen LogP contribution in [0.5, 0.6) is 0 Å². The molecule has 0 spiro atoms. The van der Waals surface area contributed by atoms with Crippen molar-refractivity contribution in [3.63, 3.8) is 0 Å². The summed E-state index contributed by atoms with van der Waals surface area (Å²) in [6, 6.07) is 0. The van der Waals surface area contributed by atoms with Crippen molar-refractivity contribution in [2.45, 2.75) is 24.1 Å². The van der Waals surface area contributed by atoms with E-state index in [-0.39, 0.29) is 18.4 Å². The van der Waals surface area contributed by atoms with Gasteiger partial charge in [0.2, 0.25) is 5.95 Å². The Kier molecular flexibility index (Phi) is 2.56. The normalized spacial score (nSPS) is 31.1. The lowest BCUT2D eigenvalue weighted by Gasteiger charge is -2.26. The van der Waals surface area contributed by atoms with Crippen LogP contribution in [0.25, 0.3) is 11.2 Å². The van der Waals surface area contributed by atoms with E-state index < -0.39 is 17.2 Å². The maximum Gasteiger partial charge on any atom is 0.224 e. The Bertz CT molecular complexity index is 642. The number of halogens is 1. The first-order valence-corrected chi connectivity index (χ1v) is 6.03. The SMILES string of the molecule is C[C@@]1(Cl)[C@H](O)CO[C@H]1n1cnc2c(N)nc(N)nc21. The Hall–Kier alpha value is -1.64. The molecule has 2 aromatic rings. The highest BCUT2D eigenvalue weighted by Crippen LogP contribution is 2.41. The predicted molar refractivity (Wildman–Crippen MR) is 69.4 cm³/mol. The molecule has 3 atom stereocenters. The number of nitrogens with two attached hydrogens (primary N) is 2. The molecule has 0 radical (unpaired) electrons. The van der Waals surface area contributed by atoms with Crippen molar-refractivity contribution in [2.24, 2.45) is 0 Å². The van der Waals surface area contributed by atoms with Gasteiger partial charge >= 0.3 is 0 Å². The largest absolute Gasteiger partial charge is 0.389 e. The van der Waals surface area contributed by atoms with Gasteiger partial charge < -0.3 is 21.3 Å². The number of hydrogen-bond donors (Lipinski definition) is 3. The topological polar surface area (TPSA) is 125 Å². The summed E-state index contributed by atoms with van der Waals surface area (Å²) in [5.74, 6) is 0.234. The number of nitrogen functional groups attached to an aromatic ring is 2. The van der Waals surface area contributed by atoms with Crippen molar-refractivity contribution in [3.05, 3.63) is 6.33 Å². The molecule has 8 nitrogen and oxygen atoms in total. The van der Waals surface area contributed by atoms with Crippen LogP contribution < -0.4 is 11.5 Å². The average Bonchev–Trinajstić information content (AvgIpc) is 2.82. The average molecular weight is 285 g/mol. The lowest BCUT2D eigenvalue weighted by molar-refractivity contribution is 0.0433. The van der Waals surface area contributed by atoms with Gasteiger partial charge in [0.05, 0.1) is 12.9 Å². The number of ether oxygens (including phenoxy) is 1. The lowest BCUT2D eigenvalue weighted by Crippen LogP contribution is -2.36. The number of anilines is 2. The van der Waals surface area contributed by atoms with Gasteiger partial charge in [0.1, 0.15) is 16.5 Å². The van der Waals surface area contributed by atoms with Crippen LogP contribution in [0.1, 0.15) is 13.2 Å². The Balaban J connectivity index is 2.17. The zero-order chi connectivity index (χ0) is 13.8. The van der Waals surface area contributed by atoms with Gasteiger partial charge in [-0.05, 0) is 6.92 Å². The molecule has 102 valence electrons. The van der Waals surface area contributed by atoms with Crippen molar-refractivity contribution in [2.75, 3.05) is 18.1 Å². The van der Waals surface area contributed by atoms with E-state index in [9.17, 15) is 5.11 Å². The molecule has 0 aromatic carbocycles. The quantitative estimate of drug-likeness (QED) is 0.623. The monoisotopic (exact) mass is 284 g/mol. The van der Waals surface area contributed by atoms with Gasteiger partial charge in [0.25, 0.3) is 0 Å². The minimum Gasteiger partial charge on any atom is -0.389 e. The molecule has 1 fully saturated rings. The number of rotatable bonds is 1. The summed E-state index contributed by atoms with van der Waals surface area (Å²) in [5, 5.41) is 9.83. The third-order valence-corrected chi connectivity index (χ3v) is 3.70. The van der Waals surface area contributed by atoms with Gasteiger partial charge in [0.15, 0.2) is 17.7 Å². The number of hydrogen-bond acceptors (Lipinski definition) is 7. The van der Waals surface area contributed by atoms with Gasteiger partial charge in [-0.25, -0.2) is 4.98 Å². The van der Waals surface area contributed by atoms with Crippen molar-refractivity contribution >= 4 is 34.5 Å². The molecule has 0 unspecified atom stereocenters. The molecule has 0 bridgehead atoms. The zero-order valence-electron chi connectivity index (χ0n) is 10.1. The van der Waals surface area contributed by atoms with Gasteiger partial charge in [-0.3, -0.25) is 4.57 Å². The number of nitrogens with zero attached hydrogens (tertiary/aromatic N) is 4. The van der Waals surface area contributed by atoms with Crippen LogP contribution in [-0.4, -0.2) is 42.2 Å². The summed E-state index contributed by atoms with van der Waals surface area (Å²) in [4.78, 5) is 11.1. The summed E-state index contributed by atoms with van der Waals surface area (Å²) in [6.07, 6.45) is 0.106. The van der Waals surface area contributed by atoms with E-state index >= 15 is 0 Å². The summed E-state index contributed by atoms with van der Waals surface area (Å²) in [5.41, 5.74) is 12.2. The van der Waals surface area contributed by atoms with Crippen LogP contribution in [0.15, 0.2) is 6.33 Å². The third kappa shape index (κ3) is 1.71. The minimum atomic E-state index is -0.984. The summed E-state index contributed by atoms with van der Waals surface area (Å²) < 4.78 is 7.12. The van der Waals surface area contributed by atoms with E-state index in [2.05, 4.69) is 15.0 Å². The van der Waals surface area contributed by atoms with Crippen LogP contribution in [0.2, 0.25) is 0 Å². The number of aromatic nitrogens is 4.